The first kappa shape index (κ1) is 22.0. The van der Waals surface area contributed by atoms with Crippen LogP contribution in [0.15, 0.2) is 54.2 Å². The van der Waals surface area contributed by atoms with Crippen LogP contribution in [0, 0.1) is 0 Å². The summed E-state index contributed by atoms with van der Waals surface area (Å²) in [5.41, 5.74) is 3.65. The molecule has 1 aliphatic rings. The van der Waals surface area contributed by atoms with Crippen LogP contribution in [-0.2, 0) is 11.3 Å². The molecular formula is C24H25N7O2S. The van der Waals surface area contributed by atoms with Crippen LogP contribution < -0.4 is 10.2 Å². The zero-order chi connectivity index (χ0) is 23.3. The number of benzene rings is 1. The first-order valence-electron chi connectivity index (χ1n) is 11.2. The molecule has 0 atom stereocenters. The van der Waals surface area contributed by atoms with Crippen molar-refractivity contribution in [2.45, 2.75) is 13.5 Å². The molecule has 4 heterocycles. The van der Waals surface area contributed by atoms with Gasteiger partial charge in [0, 0.05) is 49.5 Å². The van der Waals surface area contributed by atoms with Crippen LogP contribution in [-0.4, -0.2) is 63.7 Å². The molecule has 1 N–H and O–H groups in total. The Morgan fingerprint density at radius 2 is 1.76 bits per heavy atom. The SMILES string of the molecule is CCOC(=O)N1CCN(c2nc3ccccc3nc2NCc2csc(-c3ccncc3)n2)CC1. The molecule has 3 aromatic heterocycles. The number of carbonyl (C=O) groups is 1. The fourth-order valence-electron chi connectivity index (χ4n) is 3.83. The number of anilines is 2. The van der Waals surface area contributed by atoms with Gasteiger partial charge >= 0.3 is 6.09 Å². The zero-order valence-electron chi connectivity index (χ0n) is 18.8. The fourth-order valence-corrected chi connectivity index (χ4v) is 4.66. The van der Waals surface area contributed by atoms with E-state index >= 15 is 0 Å². The van der Waals surface area contributed by atoms with Gasteiger partial charge in [-0.25, -0.2) is 19.7 Å². The van der Waals surface area contributed by atoms with Crippen molar-refractivity contribution in [2.24, 2.45) is 0 Å². The predicted octanol–water partition coefficient (Wildman–Crippen LogP) is 4.04. The smallest absolute Gasteiger partial charge is 0.409 e. The Hall–Kier alpha value is -3.79. The average Bonchev–Trinajstić information content (AvgIpc) is 3.37. The van der Waals surface area contributed by atoms with Crippen LogP contribution in [0.4, 0.5) is 16.4 Å². The van der Waals surface area contributed by atoms with Crippen molar-refractivity contribution >= 4 is 40.1 Å². The molecule has 0 aliphatic carbocycles. The minimum Gasteiger partial charge on any atom is -0.450 e. The molecule has 1 fully saturated rings. The number of piperazine rings is 1. The van der Waals surface area contributed by atoms with Crippen molar-refractivity contribution in [3.8, 4) is 10.6 Å². The van der Waals surface area contributed by atoms with E-state index in [1.807, 2.05) is 43.3 Å². The molecule has 4 aromatic rings. The second-order valence-corrected chi connectivity index (χ2v) is 8.65. The van der Waals surface area contributed by atoms with Crippen molar-refractivity contribution in [3.63, 3.8) is 0 Å². The van der Waals surface area contributed by atoms with Crippen molar-refractivity contribution in [3.05, 3.63) is 59.9 Å². The van der Waals surface area contributed by atoms with Crippen LogP contribution in [0.3, 0.4) is 0 Å². The van der Waals surface area contributed by atoms with Crippen LogP contribution in [0.1, 0.15) is 12.6 Å². The number of para-hydroxylation sites is 2. The van der Waals surface area contributed by atoms with Crippen molar-refractivity contribution in [1.29, 1.82) is 0 Å². The molecule has 1 aliphatic heterocycles. The predicted molar refractivity (Wildman–Crippen MR) is 133 cm³/mol. The lowest BCUT2D eigenvalue weighted by molar-refractivity contribution is 0.105. The highest BCUT2D eigenvalue weighted by molar-refractivity contribution is 7.13. The van der Waals surface area contributed by atoms with E-state index in [2.05, 4.69) is 20.6 Å². The Labute approximate surface area is 201 Å². The number of nitrogens with zero attached hydrogens (tertiary/aromatic N) is 6. The minimum atomic E-state index is -0.265. The number of carbonyl (C=O) groups excluding carboxylic acids is 1. The summed E-state index contributed by atoms with van der Waals surface area (Å²) in [6.45, 7) is 5.20. The Kier molecular flexibility index (Phi) is 6.48. The summed E-state index contributed by atoms with van der Waals surface area (Å²) in [6, 6.07) is 11.8. The fraction of sp³-hybridized carbons (Fsp3) is 0.292. The van der Waals surface area contributed by atoms with Crippen LogP contribution in [0.5, 0.6) is 0 Å². The normalized spacial score (nSPS) is 13.8. The molecule has 0 saturated carbocycles. The van der Waals surface area contributed by atoms with E-state index in [1.165, 1.54) is 0 Å². The first-order valence-corrected chi connectivity index (χ1v) is 12.1. The third kappa shape index (κ3) is 4.76. The van der Waals surface area contributed by atoms with Gasteiger partial charge in [-0.15, -0.1) is 11.3 Å². The van der Waals surface area contributed by atoms with Gasteiger partial charge in [0.25, 0.3) is 0 Å². The van der Waals surface area contributed by atoms with Gasteiger partial charge in [-0.2, -0.15) is 0 Å². The zero-order valence-corrected chi connectivity index (χ0v) is 19.7. The third-order valence-electron chi connectivity index (χ3n) is 5.57. The molecular weight excluding hydrogens is 450 g/mol. The van der Waals surface area contributed by atoms with Gasteiger partial charge in [-0.05, 0) is 31.2 Å². The number of fused-ring (bicyclic) bond motifs is 1. The second-order valence-electron chi connectivity index (χ2n) is 7.79. The lowest BCUT2D eigenvalue weighted by Gasteiger charge is -2.35. The standard InChI is InChI=1S/C24H25N7O2S/c1-2-33-24(32)31-13-11-30(12-14-31)22-21(28-19-5-3-4-6-20(19)29-22)26-15-18-16-34-23(27-18)17-7-9-25-10-8-17/h3-10,16H,2,11-15H2,1H3,(H,26,28). The number of rotatable bonds is 6. The first-order chi connectivity index (χ1) is 16.7. The van der Waals surface area contributed by atoms with E-state index in [1.54, 1.807) is 28.6 Å². The number of amides is 1. The molecule has 10 heteroatoms. The molecule has 174 valence electrons. The largest absolute Gasteiger partial charge is 0.450 e. The Morgan fingerprint density at radius 1 is 1.03 bits per heavy atom. The molecule has 9 nitrogen and oxygen atoms in total. The highest BCUT2D eigenvalue weighted by atomic mass is 32.1. The monoisotopic (exact) mass is 475 g/mol. The van der Waals surface area contributed by atoms with Crippen LogP contribution in [0.25, 0.3) is 21.6 Å². The quantitative estimate of drug-likeness (QED) is 0.446. The lowest BCUT2D eigenvalue weighted by Crippen LogP contribution is -2.49. The molecule has 34 heavy (non-hydrogen) atoms. The molecule has 1 saturated heterocycles. The van der Waals surface area contributed by atoms with Gasteiger partial charge in [-0.1, -0.05) is 12.1 Å². The molecule has 5 rings (SSSR count). The number of thiazole rings is 1. The maximum absolute atomic E-state index is 12.1. The number of pyridine rings is 1. The summed E-state index contributed by atoms with van der Waals surface area (Å²) in [6.07, 6.45) is 3.28. The molecule has 1 amide bonds. The molecule has 0 unspecified atom stereocenters. The molecule has 0 spiro atoms. The van der Waals surface area contributed by atoms with E-state index < -0.39 is 0 Å². The van der Waals surface area contributed by atoms with E-state index in [0.29, 0.717) is 45.1 Å². The Bertz CT molecular complexity index is 1270. The van der Waals surface area contributed by atoms with Crippen molar-refractivity contribution in [1.82, 2.24) is 24.8 Å². The van der Waals surface area contributed by atoms with Gasteiger partial charge in [0.2, 0.25) is 0 Å². The van der Waals surface area contributed by atoms with E-state index in [4.69, 9.17) is 19.7 Å². The number of aromatic nitrogens is 4. The Morgan fingerprint density at radius 3 is 2.50 bits per heavy atom. The number of hydrogen-bond acceptors (Lipinski definition) is 9. The number of hydrogen-bond donors (Lipinski definition) is 1. The van der Waals surface area contributed by atoms with Crippen molar-refractivity contribution < 1.29 is 9.53 Å². The minimum absolute atomic E-state index is 0.265. The molecule has 0 bridgehead atoms. The summed E-state index contributed by atoms with van der Waals surface area (Å²) in [7, 11) is 0. The summed E-state index contributed by atoms with van der Waals surface area (Å²) in [4.78, 5) is 34.6. The maximum Gasteiger partial charge on any atom is 0.409 e. The third-order valence-corrected chi connectivity index (χ3v) is 6.51. The van der Waals surface area contributed by atoms with E-state index in [0.717, 1.165) is 33.1 Å². The van der Waals surface area contributed by atoms with E-state index in [9.17, 15) is 4.79 Å². The van der Waals surface area contributed by atoms with Gasteiger partial charge in [0.05, 0.1) is 29.9 Å². The summed E-state index contributed by atoms with van der Waals surface area (Å²) in [5, 5.41) is 6.46. The second kappa shape index (κ2) is 10.0. The van der Waals surface area contributed by atoms with Crippen LogP contribution in [0.2, 0.25) is 0 Å². The Balaban J connectivity index is 1.35. The topological polar surface area (TPSA) is 96.4 Å². The number of ether oxygens (including phenoxy) is 1. The molecule has 0 radical (unpaired) electrons. The highest BCUT2D eigenvalue weighted by Gasteiger charge is 2.25. The highest BCUT2D eigenvalue weighted by Crippen LogP contribution is 2.28. The number of nitrogens with one attached hydrogen (secondary N) is 1. The summed E-state index contributed by atoms with van der Waals surface area (Å²) < 4.78 is 5.14. The van der Waals surface area contributed by atoms with Gasteiger partial charge < -0.3 is 19.9 Å². The van der Waals surface area contributed by atoms with Gasteiger partial charge in [0.15, 0.2) is 11.6 Å². The summed E-state index contributed by atoms with van der Waals surface area (Å²) >= 11 is 1.60. The van der Waals surface area contributed by atoms with Gasteiger partial charge in [0.1, 0.15) is 5.01 Å². The maximum atomic E-state index is 12.1. The van der Waals surface area contributed by atoms with E-state index in [-0.39, 0.29) is 6.09 Å². The molecule has 1 aromatic carbocycles. The van der Waals surface area contributed by atoms with Crippen LogP contribution >= 0.6 is 11.3 Å². The van der Waals surface area contributed by atoms with Gasteiger partial charge in [-0.3, -0.25) is 4.98 Å². The lowest BCUT2D eigenvalue weighted by atomic mass is 10.2. The van der Waals surface area contributed by atoms with Crippen molar-refractivity contribution in [2.75, 3.05) is 43.0 Å². The average molecular weight is 476 g/mol. The summed E-state index contributed by atoms with van der Waals surface area (Å²) in [5.74, 6) is 1.49.